The monoisotopic (exact) mass is 414 g/mol. The Hall–Kier alpha value is -2.37. The lowest BCUT2D eigenvalue weighted by Crippen LogP contribution is -2.21. The summed E-state index contributed by atoms with van der Waals surface area (Å²) in [6.45, 7) is 1.86. The van der Waals surface area contributed by atoms with E-state index >= 15 is 0 Å². The van der Waals surface area contributed by atoms with Gasteiger partial charge >= 0.3 is 5.95 Å². The highest BCUT2D eigenvalue weighted by molar-refractivity contribution is 14.1. The van der Waals surface area contributed by atoms with Crippen LogP contribution in [0.3, 0.4) is 0 Å². The molecule has 2 rings (SSSR count). The van der Waals surface area contributed by atoms with Gasteiger partial charge in [-0.1, -0.05) is 17.1 Å². The number of halogens is 1. The van der Waals surface area contributed by atoms with Gasteiger partial charge in [-0.05, 0) is 46.6 Å². The normalized spacial score (nSPS) is 11.3. The molecule has 0 aliphatic carbocycles. The van der Waals surface area contributed by atoms with E-state index in [1.54, 1.807) is 19.1 Å². The molecule has 0 fully saturated rings. The van der Waals surface area contributed by atoms with Crippen LogP contribution >= 0.6 is 22.6 Å². The van der Waals surface area contributed by atoms with Crippen molar-refractivity contribution >= 4 is 40.2 Å². The lowest BCUT2D eigenvalue weighted by molar-refractivity contribution is -0.394. The lowest BCUT2D eigenvalue weighted by Gasteiger charge is -2.03. The van der Waals surface area contributed by atoms with E-state index in [0.717, 1.165) is 3.57 Å². The fraction of sp³-hybridized carbons (Fsp3) is 0.167. The fourth-order valence-electron chi connectivity index (χ4n) is 1.57. The van der Waals surface area contributed by atoms with Crippen LogP contribution in [0.5, 0.6) is 0 Å². The zero-order valence-electron chi connectivity index (χ0n) is 11.4. The molecule has 2 aromatic rings. The molecule has 0 saturated heterocycles. The van der Waals surface area contributed by atoms with Crippen LogP contribution in [-0.4, -0.2) is 31.3 Å². The second kappa shape index (κ2) is 7.06. The first-order valence-electron chi connectivity index (χ1n) is 6.09. The van der Waals surface area contributed by atoms with E-state index in [0.29, 0.717) is 11.3 Å². The molecule has 0 bridgehead atoms. The quantitative estimate of drug-likeness (QED) is 0.345. The molecule has 10 heteroatoms. The van der Waals surface area contributed by atoms with Gasteiger partial charge in [-0.15, -0.1) is 0 Å². The number of nitro groups is 1. The minimum Gasteiger partial charge on any atom is -0.390 e. The van der Waals surface area contributed by atoms with Crippen LogP contribution in [0.2, 0.25) is 0 Å². The fourth-order valence-corrected chi connectivity index (χ4v) is 2.20. The Labute approximate surface area is 138 Å². The number of rotatable bonds is 5. The van der Waals surface area contributed by atoms with Gasteiger partial charge in [0, 0.05) is 8.67 Å². The largest absolute Gasteiger partial charge is 0.490 e. The average Bonchev–Trinajstić information content (AvgIpc) is 2.94. The minimum absolute atomic E-state index is 0.188. The number of carbonyl (C=O) groups is 1. The number of carbonyl (C=O) groups excluding carboxylic acids is 1. The topological polar surface area (TPSA) is 115 Å². The third-order valence-corrected chi connectivity index (χ3v) is 3.49. The molecule has 1 heterocycles. The van der Waals surface area contributed by atoms with Crippen molar-refractivity contribution in [1.29, 1.82) is 0 Å². The molecule has 1 aromatic carbocycles. The maximum Gasteiger partial charge on any atom is 0.490 e. The Balaban J connectivity index is 1.99. The first kappa shape index (κ1) is 16.0. The highest BCUT2D eigenvalue weighted by Crippen LogP contribution is 2.10. The van der Waals surface area contributed by atoms with Crippen LogP contribution in [0.4, 0.5) is 5.95 Å². The number of hydrogen-bond acceptors (Lipinski definition) is 6. The van der Waals surface area contributed by atoms with Crippen molar-refractivity contribution in [3.8, 4) is 0 Å². The van der Waals surface area contributed by atoms with E-state index in [-0.39, 0.29) is 12.5 Å². The van der Waals surface area contributed by atoms with E-state index in [4.69, 9.17) is 0 Å². The Morgan fingerprint density at radius 3 is 2.86 bits per heavy atom. The molecule has 0 radical (unpaired) electrons. The van der Waals surface area contributed by atoms with Crippen LogP contribution in [0.1, 0.15) is 17.3 Å². The van der Waals surface area contributed by atoms with Crippen molar-refractivity contribution < 1.29 is 9.72 Å². The molecule has 0 saturated carbocycles. The number of aromatic nitrogens is 3. The van der Waals surface area contributed by atoms with Crippen LogP contribution in [0, 0.1) is 13.7 Å². The number of hydrogen-bond donors (Lipinski definition) is 1. The zero-order valence-corrected chi connectivity index (χ0v) is 13.6. The Kier molecular flexibility index (Phi) is 5.14. The summed E-state index contributed by atoms with van der Waals surface area (Å²) >= 11 is 2.06. The van der Waals surface area contributed by atoms with E-state index in [9.17, 15) is 14.9 Å². The van der Waals surface area contributed by atoms with Crippen molar-refractivity contribution in [3.63, 3.8) is 0 Å². The maximum atomic E-state index is 12.0. The molecule has 0 spiro atoms. The Morgan fingerprint density at radius 1 is 1.50 bits per heavy atom. The van der Waals surface area contributed by atoms with Crippen LogP contribution < -0.4 is 5.43 Å². The van der Waals surface area contributed by atoms with Gasteiger partial charge in [-0.3, -0.25) is 4.79 Å². The first-order valence-corrected chi connectivity index (χ1v) is 7.17. The molecule has 1 aromatic heterocycles. The van der Waals surface area contributed by atoms with Gasteiger partial charge in [0.1, 0.15) is 0 Å². The van der Waals surface area contributed by atoms with E-state index < -0.39 is 10.9 Å². The Bertz CT molecular complexity index is 742. The van der Waals surface area contributed by atoms with Crippen LogP contribution in [-0.2, 0) is 6.54 Å². The summed E-state index contributed by atoms with van der Waals surface area (Å²) < 4.78 is 2.09. The SMILES string of the molecule is C/C(Cn1cnc([N+](=O)[O-])n1)=N\NC(=O)c1ccccc1I. The summed E-state index contributed by atoms with van der Waals surface area (Å²) in [4.78, 5) is 25.3. The highest BCUT2D eigenvalue weighted by Gasteiger charge is 2.13. The molecule has 0 aliphatic rings. The zero-order chi connectivity index (χ0) is 16.1. The molecule has 1 amide bonds. The molecule has 0 atom stereocenters. The molecule has 0 unspecified atom stereocenters. The molecule has 0 aliphatic heterocycles. The third-order valence-electron chi connectivity index (χ3n) is 2.55. The molecule has 22 heavy (non-hydrogen) atoms. The van der Waals surface area contributed by atoms with Gasteiger partial charge in [0.05, 0.1) is 17.8 Å². The first-order chi connectivity index (χ1) is 10.5. The van der Waals surface area contributed by atoms with Gasteiger partial charge in [-0.2, -0.15) is 9.78 Å². The van der Waals surface area contributed by atoms with Crippen molar-refractivity contribution in [3.05, 3.63) is 49.8 Å². The van der Waals surface area contributed by atoms with E-state index in [1.165, 1.54) is 11.0 Å². The summed E-state index contributed by atoms with van der Waals surface area (Å²) in [7, 11) is 0. The second-order valence-corrected chi connectivity index (χ2v) is 5.43. The lowest BCUT2D eigenvalue weighted by atomic mass is 10.2. The molecule has 114 valence electrons. The smallest absolute Gasteiger partial charge is 0.390 e. The van der Waals surface area contributed by atoms with Crippen LogP contribution in [0.15, 0.2) is 35.7 Å². The average molecular weight is 414 g/mol. The van der Waals surface area contributed by atoms with Crippen molar-refractivity contribution in [1.82, 2.24) is 20.2 Å². The van der Waals surface area contributed by atoms with E-state index in [2.05, 4.69) is 43.2 Å². The number of nitrogens with one attached hydrogen (secondary N) is 1. The maximum absolute atomic E-state index is 12.0. The number of hydrazone groups is 1. The second-order valence-electron chi connectivity index (χ2n) is 4.27. The summed E-state index contributed by atoms with van der Waals surface area (Å²) in [6, 6.07) is 7.12. The van der Waals surface area contributed by atoms with Gasteiger partial charge in [0.2, 0.25) is 6.33 Å². The van der Waals surface area contributed by atoms with Crippen LogP contribution in [0.25, 0.3) is 0 Å². The third kappa shape index (κ3) is 4.07. The van der Waals surface area contributed by atoms with E-state index in [1.807, 2.05) is 12.1 Å². The molecule has 1 N–H and O–H groups in total. The number of amides is 1. The molecule has 9 nitrogen and oxygen atoms in total. The molecular weight excluding hydrogens is 403 g/mol. The predicted octanol–water partition coefficient (Wildman–Crippen LogP) is 1.60. The predicted molar refractivity (Wildman–Crippen MR) is 86.4 cm³/mol. The van der Waals surface area contributed by atoms with Crippen molar-refractivity contribution in [2.45, 2.75) is 13.5 Å². The standard InChI is InChI=1S/C12H11IN6O3/c1-8(6-18-7-14-12(17-18)19(21)22)15-16-11(20)9-4-2-3-5-10(9)13/h2-5,7H,6H2,1H3,(H,16,20)/b15-8+. The van der Waals surface area contributed by atoms with Gasteiger partial charge in [0.25, 0.3) is 5.91 Å². The summed E-state index contributed by atoms with van der Waals surface area (Å²) in [5.41, 5.74) is 3.49. The summed E-state index contributed by atoms with van der Waals surface area (Å²) in [5.74, 6) is -0.801. The van der Waals surface area contributed by atoms with Crippen molar-refractivity contribution in [2.75, 3.05) is 0 Å². The van der Waals surface area contributed by atoms with Gasteiger partial charge in [-0.25, -0.2) is 5.43 Å². The van der Waals surface area contributed by atoms with Gasteiger partial charge in [0.15, 0.2) is 0 Å². The molecular formula is C12H11IN6O3. The Morgan fingerprint density at radius 2 is 2.23 bits per heavy atom. The summed E-state index contributed by atoms with van der Waals surface area (Å²) in [6.07, 6.45) is 1.24. The van der Waals surface area contributed by atoms with Crippen molar-refractivity contribution in [2.24, 2.45) is 5.10 Å². The summed E-state index contributed by atoms with van der Waals surface area (Å²) in [5, 5.41) is 18.1. The minimum atomic E-state index is -0.678. The number of nitrogens with zero attached hydrogens (tertiary/aromatic N) is 5. The number of benzene rings is 1. The highest BCUT2D eigenvalue weighted by atomic mass is 127. The van der Waals surface area contributed by atoms with Gasteiger partial charge < -0.3 is 10.1 Å².